The van der Waals surface area contributed by atoms with Crippen LogP contribution in [0.25, 0.3) is 0 Å². The lowest BCUT2D eigenvalue weighted by atomic mass is 10.2. The highest BCUT2D eigenvalue weighted by Gasteiger charge is 2.23. The van der Waals surface area contributed by atoms with Crippen molar-refractivity contribution < 1.29 is 4.74 Å². The molecule has 0 spiro atoms. The van der Waals surface area contributed by atoms with Crippen LogP contribution in [-0.2, 0) is 0 Å². The Bertz CT molecular complexity index is 739. The Labute approximate surface area is 152 Å². The lowest BCUT2D eigenvalue weighted by molar-refractivity contribution is 0.274. The third kappa shape index (κ3) is 3.74. The highest BCUT2D eigenvalue weighted by Crippen LogP contribution is 2.34. The minimum absolute atomic E-state index is 0.412. The fraction of sp³-hybridized carbons (Fsp3) is 0.211. The minimum atomic E-state index is -0.412. The predicted octanol–water partition coefficient (Wildman–Crippen LogP) is 5.93. The van der Waals surface area contributed by atoms with Crippen molar-refractivity contribution in [2.24, 2.45) is 4.99 Å². The van der Waals surface area contributed by atoms with Gasteiger partial charge in [0, 0.05) is 11.9 Å². The van der Waals surface area contributed by atoms with Gasteiger partial charge in [0.05, 0.1) is 22.0 Å². The van der Waals surface area contributed by atoms with E-state index in [-0.39, 0.29) is 0 Å². The number of nitrogens with zero attached hydrogens (tertiary/aromatic N) is 2. The van der Waals surface area contributed by atoms with E-state index in [0.717, 1.165) is 24.2 Å². The van der Waals surface area contributed by atoms with Gasteiger partial charge in [-0.3, -0.25) is 4.99 Å². The highest BCUT2D eigenvalue weighted by molar-refractivity contribution is 6.37. The molecule has 0 N–H and O–H groups in total. The van der Waals surface area contributed by atoms with E-state index >= 15 is 0 Å². The zero-order valence-electron chi connectivity index (χ0n) is 13.3. The van der Waals surface area contributed by atoms with Gasteiger partial charge in [0.15, 0.2) is 5.75 Å². The standard InChI is InChI=1S/C19H18Cl2N2O/c1-2-7-14-13-23(15-8-4-3-5-9-15)18(12-22-14)24-19-16(20)10-6-11-17(19)21/h3-6,8-13,18H,2,7H2,1H3. The van der Waals surface area contributed by atoms with E-state index in [1.54, 1.807) is 24.4 Å². The number of halogens is 2. The maximum Gasteiger partial charge on any atom is 0.212 e. The van der Waals surface area contributed by atoms with E-state index < -0.39 is 6.23 Å². The molecular weight excluding hydrogens is 343 g/mol. The lowest BCUT2D eigenvalue weighted by Crippen LogP contribution is -2.39. The molecule has 1 heterocycles. The Hall–Kier alpha value is -1.97. The molecule has 1 aliphatic rings. The summed E-state index contributed by atoms with van der Waals surface area (Å²) in [6.45, 7) is 2.13. The number of benzene rings is 2. The molecule has 24 heavy (non-hydrogen) atoms. The minimum Gasteiger partial charge on any atom is -0.462 e. The Balaban J connectivity index is 1.92. The molecular formula is C19H18Cl2N2O. The number of aliphatic imine (C=N–C) groups is 1. The molecule has 1 aliphatic heterocycles. The zero-order valence-corrected chi connectivity index (χ0v) is 14.8. The van der Waals surface area contributed by atoms with E-state index in [1.165, 1.54) is 0 Å². The molecule has 0 fully saturated rings. The normalized spacial score (nSPS) is 16.9. The van der Waals surface area contributed by atoms with Crippen molar-refractivity contribution in [1.29, 1.82) is 0 Å². The molecule has 0 aliphatic carbocycles. The summed E-state index contributed by atoms with van der Waals surface area (Å²) in [5.41, 5.74) is 2.04. The molecule has 2 aromatic carbocycles. The van der Waals surface area contributed by atoms with Crippen LogP contribution in [0, 0.1) is 0 Å². The van der Waals surface area contributed by atoms with Gasteiger partial charge in [-0.25, -0.2) is 0 Å². The Kier molecular flexibility index (Phi) is 5.44. The van der Waals surface area contributed by atoms with E-state index in [2.05, 4.69) is 11.9 Å². The van der Waals surface area contributed by atoms with Crippen LogP contribution in [0.4, 0.5) is 5.69 Å². The number of para-hydroxylation sites is 2. The summed E-state index contributed by atoms with van der Waals surface area (Å²) in [6, 6.07) is 15.3. The molecule has 0 radical (unpaired) electrons. The Morgan fingerprint density at radius 2 is 1.75 bits per heavy atom. The van der Waals surface area contributed by atoms with Crippen LogP contribution in [0.3, 0.4) is 0 Å². The smallest absolute Gasteiger partial charge is 0.212 e. The summed E-state index contributed by atoms with van der Waals surface area (Å²) in [5, 5.41) is 0.958. The second-order valence-corrected chi connectivity index (χ2v) is 6.27. The average molecular weight is 361 g/mol. The maximum atomic E-state index is 6.23. The SMILES string of the molecule is CCCC1=CN(c2ccccc2)C(Oc2c(Cl)cccc2Cl)C=N1. The summed E-state index contributed by atoms with van der Waals surface area (Å²) >= 11 is 12.5. The molecule has 1 atom stereocenters. The second-order valence-electron chi connectivity index (χ2n) is 5.45. The monoisotopic (exact) mass is 360 g/mol. The quantitative estimate of drug-likeness (QED) is 0.659. The summed E-state index contributed by atoms with van der Waals surface area (Å²) in [4.78, 5) is 6.55. The van der Waals surface area contributed by atoms with Gasteiger partial charge in [-0.2, -0.15) is 0 Å². The molecule has 0 saturated carbocycles. The Morgan fingerprint density at radius 1 is 1.04 bits per heavy atom. The first-order valence-corrected chi connectivity index (χ1v) is 8.63. The zero-order chi connectivity index (χ0) is 16.9. The average Bonchev–Trinajstić information content (AvgIpc) is 2.60. The van der Waals surface area contributed by atoms with Crippen LogP contribution in [0.2, 0.25) is 10.0 Å². The van der Waals surface area contributed by atoms with E-state index in [0.29, 0.717) is 15.8 Å². The van der Waals surface area contributed by atoms with Crippen molar-refractivity contribution in [2.75, 3.05) is 4.90 Å². The lowest BCUT2D eigenvalue weighted by Gasteiger charge is -2.31. The van der Waals surface area contributed by atoms with Crippen molar-refractivity contribution >= 4 is 35.1 Å². The van der Waals surface area contributed by atoms with Crippen LogP contribution in [0.5, 0.6) is 5.75 Å². The molecule has 1 unspecified atom stereocenters. The predicted molar refractivity (Wildman–Crippen MR) is 101 cm³/mol. The second kappa shape index (κ2) is 7.73. The first-order chi connectivity index (χ1) is 11.7. The summed E-state index contributed by atoms with van der Waals surface area (Å²) in [6.07, 6.45) is 5.35. The van der Waals surface area contributed by atoms with Crippen molar-refractivity contribution in [3.8, 4) is 5.75 Å². The number of ether oxygens (including phenoxy) is 1. The molecule has 0 aromatic heterocycles. The highest BCUT2D eigenvalue weighted by atomic mass is 35.5. The topological polar surface area (TPSA) is 24.8 Å². The number of anilines is 1. The van der Waals surface area contributed by atoms with Crippen LogP contribution in [0.1, 0.15) is 19.8 Å². The Morgan fingerprint density at radius 3 is 2.42 bits per heavy atom. The molecule has 124 valence electrons. The molecule has 2 aromatic rings. The molecule has 5 heteroatoms. The van der Waals surface area contributed by atoms with Crippen LogP contribution in [0.15, 0.2) is 65.4 Å². The van der Waals surface area contributed by atoms with Gasteiger partial charge < -0.3 is 9.64 Å². The van der Waals surface area contributed by atoms with Crippen LogP contribution >= 0.6 is 23.2 Å². The summed E-state index contributed by atoms with van der Waals surface area (Å²) in [7, 11) is 0. The molecule has 3 nitrogen and oxygen atoms in total. The van der Waals surface area contributed by atoms with Crippen molar-refractivity contribution in [1.82, 2.24) is 0 Å². The van der Waals surface area contributed by atoms with E-state index in [4.69, 9.17) is 27.9 Å². The van der Waals surface area contributed by atoms with E-state index in [9.17, 15) is 0 Å². The number of hydrogen-bond acceptors (Lipinski definition) is 3. The molecule has 0 bridgehead atoms. The number of allylic oxidation sites excluding steroid dienone is 1. The maximum absolute atomic E-state index is 6.23. The third-order valence-corrected chi connectivity index (χ3v) is 4.24. The largest absolute Gasteiger partial charge is 0.462 e. The summed E-state index contributed by atoms with van der Waals surface area (Å²) < 4.78 is 6.08. The van der Waals surface area contributed by atoms with Crippen LogP contribution < -0.4 is 9.64 Å². The first kappa shape index (κ1) is 16.9. The van der Waals surface area contributed by atoms with Crippen LogP contribution in [-0.4, -0.2) is 12.4 Å². The fourth-order valence-electron chi connectivity index (χ4n) is 2.51. The number of hydrogen-bond donors (Lipinski definition) is 0. The third-order valence-electron chi connectivity index (χ3n) is 3.65. The van der Waals surface area contributed by atoms with Gasteiger partial charge in [0.25, 0.3) is 0 Å². The van der Waals surface area contributed by atoms with E-state index in [1.807, 2.05) is 41.4 Å². The van der Waals surface area contributed by atoms with Gasteiger partial charge in [0.1, 0.15) is 0 Å². The van der Waals surface area contributed by atoms with Gasteiger partial charge in [-0.05, 0) is 30.7 Å². The first-order valence-electron chi connectivity index (χ1n) is 7.88. The van der Waals surface area contributed by atoms with Gasteiger partial charge in [-0.1, -0.05) is 60.8 Å². The van der Waals surface area contributed by atoms with Crippen molar-refractivity contribution in [3.05, 3.63) is 70.5 Å². The van der Waals surface area contributed by atoms with Gasteiger partial charge in [-0.15, -0.1) is 0 Å². The molecule has 0 amide bonds. The van der Waals surface area contributed by atoms with Gasteiger partial charge >= 0.3 is 0 Å². The number of rotatable bonds is 5. The molecule has 0 saturated heterocycles. The molecule has 3 rings (SSSR count). The summed E-state index contributed by atoms with van der Waals surface area (Å²) in [5.74, 6) is 0.463. The van der Waals surface area contributed by atoms with Crippen molar-refractivity contribution in [2.45, 2.75) is 26.0 Å². The van der Waals surface area contributed by atoms with Crippen molar-refractivity contribution in [3.63, 3.8) is 0 Å². The van der Waals surface area contributed by atoms with Gasteiger partial charge in [0.2, 0.25) is 6.23 Å². The fourth-order valence-corrected chi connectivity index (χ4v) is 3.00.